The second-order valence-electron chi connectivity index (χ2n) is 7.48. The molecule has 33 heavy (non-hydrogen) atoms. The van der Waals surface area contributed by atoms with Crippen LogP contribution in [-0.4, -0.2) is 24.3 Å². The second kappa shape index (κ2) is 9.70. The van der Waals surface area contributed by atoms with E-state index in [-0.39, 0.29) is 16.8 Å². The summed E-state index contributed by atoms with van der Waals surface area (Å²) in [4.78, 5) is 20.6. The minimum absolute atomic E-state index is 0.0773. The molecule has 1 aromatic heterocycles. The van der Waals surface area contributed by atoms with Crippen LogP contribution in [0, 0.1) is 0 Å². The summed E-state index contributed by atoms with van der Waals surface area (Å²) in [6.07, 6.45) is 2.39. The number of amides is 1. The highest BCUT2D eigenvalue weighted by atomic mass is 32.2. The second-order valence-corrected chi connectivity index (χ2v) is 9.16. The van der Waals surface area contributed by atoms with Crippen molar-refractivity contribution in [3.63, 3.8) is 0 Å². The fraction of sp³-hybridized carbons (Fsp3) is 0.120. The fourth-order valence-electron chi connectivity index (χ4n) is 3.39. The first-order valence-electron chi connectivity index (χ1n) is 10.6. The van der Waals surface area contributed by atoms with Gasteiger partial charge in [0.25, 0.3) is 15.9 Å². The fourth-order valence-corrected chi connectivity index (χ4v) is 4.45. The molecule has 1 unspecified atom stereocenters. The van der Waals surface area contributed by atoms with Crippen LogP contribution in [0.25, 0.3) is 11.3 Å². The summed E-state index contributed by atoms with van der Waals surface area (Å²) in [6.45, 7) is 1.96. The Bertz CT molecular complexity index is 1320. The van der Waals surface area contributed by atoms with Crippen LogP contribution in [0.15, 0.2) is 96.0 Å². The van der Waals surface area contributed by atoms with Gasteiger partial charge in [0, 0.05) is 11.3 Å². The van der Waals surface area contributed by atoms with Crippen molar-refractivity contribution < 1.29 is 13.2 Å². The van der Waals surface area contributed by atoms with Gasteiger partial charge in [-0.3, -0.25) is 9.52 Å². The van der Waals surface area contributed by atoms with Gasteiger partial charge in [0.15, 0.2) is 0 Å². The molecular weight excluding hydrogens is 436 g/mol. The summed E-state index contributed by atoms with van der Waals surface area (Å²) >= 11 is 0. The standard InChI is InChI=1S/C25H24N4O3S/c1-2-22(24-26-17-23(27-24)18-9-5-3-6-10-18)28-25(30)19-13-15-21(16-14-19)33(31,32)29-20-11-7-4-8-12-20/h3-17,22,29H,2H2,1H3,(H,26,27)(H,28,30). The minimum Gasteiger partial charge on any atom is -0.342 e. The maximum atomic E-state index is 12.8. The number of aromatic nitrogens is 2. The number of benzene rings is 3. The average molecular weight is 461 g/mol. The van der Waals surface area contributed by atoms with Crippen LogP contribution in [-0.2, 0) is 10.0 Å². The van der Waals surface area contributed by atoms with Crippen molar-refractivity contribution in [2.75, 3.05) is 4.72 Å². The predicted molar refractivity (Wildman–Crippen MR) is 128 cm³/mol. The molecule has 4 aromatic rings. The van der Waals surface area contributed by atoms with E-state index in [1.54, 1.807) is 36.5 Å². The molecule has 0 fully saturated rings. The lowest BCUT2D eigenvalue weighted by Crippen LogP contribution is -2.29. The van der Waals surface area contributed by atoms with Crippen LogP contribution < -0.4 is 10.0 Å². The van der Waals surface area contributed by atoms with Gasteiger partial charge in [-0.25, -0.2) is 13.4 Å². The Labute approximate surface area is 193 Å². The lowest BCUT2D eigenvalue weighted by Gasteiger charge is -2.15. The highest BCUT2D eigenvalue weighted by Crippen LogP contribution is 2.21. The third-order valence-electron chi connectivity index (χ3n) is 5.18. The van der Waals surface area contributed by atoms with E-state index in [4.69, 9.17) is 0 Å². The maximum absolute atomic E-state index is 12.8. The van der Waals surface area contributed by atoms with Gasteiger partial charge in [0.2, 0.25) is 0 Å². The number of hydrogen-bond acceptors (Lipinski definition) is 4. The molecule has 8 heteroatoms. The van der Waals surface area contributed by atoms with Gasteiger partial charge >= 0.3 is 0 Å². The lowest BCUT2D eigenvalue weighted by molar-refractivity contribution is 0.0933. The van der Waals surface area contributed by atoms with Crippen molar-refractivity contribution in [3.8, 4) is 11.3 Å². The number of H-pyrrole nitrogens is 1. The molecule has 0 aliphatic carbocycles. The van der Waals surface area contributed by atoms with Crippen molar-refractivity contribution in [2.24, 2.45) is 0 Å². The number of para-hydroxylation sites is 1. The Morgan fingerprint density at radius 1 is 0.939 bits per heavy atom. The first-order chi connectivity index (χ1) is 16.0. The largest absolute Gasteiger partial charge is 0.342 e. The minimum atomic E-state index is -3.75. The van der Waals surface area contributed by atoms with Crippen molar-refractivity contribution in [1.82, 2.24) is 15.3 Å². The Morgan fingerprint density at radius 2 is 1.58 bits per heavy atom. The molecule has 0 spiro atoms. The first-order valence-corrected chi connectivity index (χ1v) is 12.0. The highest BCUT2D eigenvalue weighted by Gasteiger charge is 2.19. The molecule has 0 aliphatic heterocycles. The van der Waals surface area contributed by atoms with Crippen LogP contribution in [0.4, 0.5) is 5.69 Å². The third-order valence-corrected chi connectivity index (χ3v) is 6.57. The first kappa shape index (κ1) is 22.3. The Kier molecular flexibility index (Phi) is 6.55. The van der Waals surface area contributed by atoms with Gasteiger partial charge in [-0.15, -0.1) is 0 Å². The summed E-state index contributed by atoms with van der Waals surface area (Å²) in [6, 6.07) is 24.0. The number of carbonyl (C=O) groups is 1. The number of sulfonamides is 1. The normalized spacial score (nSPS) is 12.2. The number of carbonyl (C=O) groups excluding carboxylic acids is 1. The number of anilines is 1. The number of hydrogen-bond donors (Lipinski definition) is 3. The van der Waals surface area contributed by atoms with E-state index in [1.807, 2.05) is 37.3 Å². The molecule has 0 aliphatic rings. The van der Waals surface area contributed by atoms with Crippen LogP contribution in [0.3, 0.4) is 0 Å². The zero-order valence-electron chi connectivity index (χ0n) is 18.0. The van der Waals surface area contributed by atoms with Gasteiger partial charge in [0.1, 0.15) is 5.82 Å². The zero-order chi connectivity index (χ0) is 23.3. The topological polar surface area (TPSA) is 104 Å². The average Bonchev–Trinajstić information content (AvgIpc) is 3.33. The summed E-state index contributed by atoms with van der Waals surface area (Å²) in [7, 11) is -3.75. The molecule has 0 saturated carbocycles. The van der Waals surface area contributed by atoms with E-state index in [0.29, 0.717) is 23.5 Å². The van der Waals surface area contributed by atoms with Gasteiger partial charge in [0.05, 0.1) is 22.8 Å². The number of nitrogens with one attached hydrogen (secondary N) is 3. The quantitative estimate of drug-likeness (QED) is 0.353. The van der Waals surface area contributed by atoms with E-state index in [2.05, 4.69) is 20.0 Å². The smallest absolute Gasteiger partial charge is 0.261 e. The van der Waals surface area contributed by atoms with Gasteiger partial charge < -0.3 is 10.3 Å². The van der Waals surface area contributed by atoms with Gasteiger partial charge in [-0.2, -0.15) is 0 Å². The van der Waals surface area contributed by atoms with Gasteiger partial charge in [-0.05, 0) is 48.4 Å². The molecular formula is C25H24N4O3S. The van der Waals surface area contributed by atoms with E-state index in [1.165, 1.54) is 24.3 Å². The molecule has 3 N–H and O–H groups in total. The number of nitrogens with zero attached hydrogens (tertiary/aromatic N) is 1. The van der Waals surface area contributed by atoms with Gasteiger partial charge in [-0.1, -0.05) is 55.5 Å². The molecule has 0 bridgehead atoms. The third kappa shape index (κ3) is 5.30. The van der Waals surface area contributed by atoms with Crippen LogP contribution in [0.1, 0.15) is 35.6 Å². The van der Waals surface area contributed by atoms with Crippen LogP contribution in [0.5, 0.6) is 0 Å². The van der Waals surface area contributed by atoms with Crippen LogP contribution >= 0.6 is 0 Å². The van der Waals surface area contributed by atoms with Crippen molar-refractivity contribution in [1.29, 1.82) is 0 Å². The molecule has 3 aromatic carbocycles. The van der Waals surface area contributed by atoms with E-state index >= 15 is 0 Å². The molecule has 1 amide bonds. The summed E-state index contributed by atoms with van der Waals surface area (Å²) in [5.41, 5.74) is 2.72. The Balaban J connectivity index is 1.45. The van der Waals surface area contributed by atoms with E-state index in [9.17, 15) is 13.2 Å². The van der Waals surface area contributed by atoms with E-state index in [0.717, 1.165) is 11.3 Å². The molecule has 1 atom stereocenters. The van der Waals surface area contributed by atoms with Crippen molar-refractivity contribution >= 4 is 21.6 Å². The maximum Gasteiger partial charge on any atom is 0.261 e. The predicted octanol–water partition coefficient (Wildman–Crippen LogP) is 4.76. The Morgan fingerprint density at radius 3 is 2.21 bits per heavy atom. The number of rotatable bonds is 8. The number of aromatic amines is 1. The Hall–Kier alpha value is -3.91. The molecule has 0 saturated heterocycles. The van der Waals surface area contributed by atoms with Crippen LogP contribution in [0.2, 0.25) is 0 Å². The molecule has 4 rings (SSSR count). The number of imidazole rings is 1. The monoisotopic (exact) mass is 460 g/mol. The summed E-state index contributed by atoms with van der Waals surface area (Å²) in [5, 5.41) is 2.96. The summed E-state index contributed by atoms with van der Waals surface area (Å²) < 4.78 is 27.7. The zero-order valence-corrected chi connectivity index (χ0v) is 18.8. The SMILES string of the molecule is CCC(NC(=O)c1ccc(S(=O)(=O)Nc2ccccc2)cc1)c1ncc(-c2ccccc2)[nH]1. The van der Waals surface area contributed by atoms with E-state index < -0.39 is 10.0 Å². The molecule has 0 radical (unpaired) electrons. The van der Waals surface area contributed by atoms with Crippen molar-refractivity contribution in [2.45, 2.75) is 24.3 Å². The molecule has 1 heterocycles. The summed E-state index contributed by atoms with van der Waals surface area (Å²) in [5.74, 6) is 0.357. The van der Waals surface area contributed by atoms with Crippen molar-refractivity contribution in [3.05, 3.63) is 103 Å². The lowest BCUT2D eigenvalue weighted by atomic mass is 10.1. The highest BCUT2D eigenvalue weighted by molar-refractivity contribution is 7.92. The molecule has 168 valence electrons. The molecule has 7 nitrogen and oxygen atoms in total.